The van der Waals surface area contributed by atoms with Crippen LogP contribution in [0.5, 0.6) is 0 Å². The first-order chi connectivity index (χ1) is 7.22. The van der Waals surface area contributed by atoms with Crippen molar-refractivity contribution in [2.24, 2.45) is 0 Å². The van der Waals surface area contributed by atoms with Gasteiger partial charge in [0.15, 0.2) is 0 Å². The van der Waals surface area contributed by atoms with E-state index in [4.69, 9.17) is 4.74 Å². The number of nitrogens with zero attached hydrogens (tertiary/aromatic N) is 1. The summed E-state index contributed by atoms with van der Waals surface area (Å²) in [4.78, 5) is 2.19. The molecule has 0 spiro atoms. The van der Waals surface area contributed by atoms with E-state index in [1.54, 1.807) is 0 Å². The lowest BCUT2D eigenvalue weighted by Gasteiger charge is -2.28. The van der Waals surface area contributed by atoms with Crippen molar-refractivity contribution in [3.8, 4) is 0 Å². The first-order valence-electron chi connectivity index (χ1n) is 6.20. The first-order valence-corrected chi connectivity index (χ1v) is 6.20. The maximum absolute atomic E-state index is 9.67. The van der Waals surface area contributed by atoms with E-state index in [1.165, 1.54) is 19.3 Å². The fourth-order valence-corrected chi connectivity index (χ4v) is 2.16. The minimum atomic E-state index is -0.177. The van der Waals surface area contributed by atoms with Crippen molar-refractivity contribution >= 4 is 0 Å². The predicted octanol–water partition coefficient (Wildman–Crippen LogP) is 1.65. The molecule has 1 N–H and O–H groups in total. The van der Waals surface area contributed by atoms with Gasteiger partial charge >= 0.3 is 0 Å². The quantitative estimate of drug-likeness (QED) is 0.731. The molecule has 1 rings (SSSR count). The zero-order valence-corrected chi connectivity index (χ0v) is 10.1. The van der Waals surface area contributed by atoms with Gasteiger partial charge in [0.2, 0.25) is 0 Å². The number of hydrogen-bond acceptors (Lipinski definition) is 3. The Morgan fingerprint density at radius 3 is 2.87 bits per heavy atom. The molecule has 0 bridgehead atoms. The van der Waals surface area contributed by atoms with Crippen LogP contribution in [0.4, 0.5) is 0 Å². The Bertz CT molecular complexity index is 158. The Kier molecular flexibility index (Phi) is 6.22. The molecule has 0 amide bonds. The van der Waals surface area contributed by atoms with Crippen LogP contribution in [0.2, 0.25) is 0 Å². The molecule has 0 aromatic rings. The third-order valence-electron chi connectivity index (χ3n) is 2.93. The number of aliphatic hydroxyl groups is 1. The van der Waals surface area contributed by atoms with Gasteiger partial charge < -0.3 is 14.7 Å². The van der Waals surface area contributed by atoms with Crippen LogP contribution in [-0.4, -0.2) is 49.0 Å². The summed E-state index contributed by atoms with van der Waals surface area (Å²) >= 11 is 0. The van der Waals surface area contributed by atoms with Gasteiger partial charge in [-0.3, -0.25) is 0 Å². The van der Waals surface area contributed by atoms with Crippen LogP contribution in [0.1, 0.15) is 39.0 Å². The Hall–Kier alpha value is -0.120. The van der Waals surface area contributed by atoms with Crippen LogP contribution in [0.25, 0.3) is 0 Å². The summed E-state index contributed by atoms with van der Waals surface area (Å²) in [6, 6.07) is 0. The van der Waals surface area contributed by atoms with Crippen molar-refractivity contribution in [1.29, 1.82) is 0 Å². The molecule has 0 saturated carbocycles. The lowest BCUT2D eigenvalue weighted by Crippen LogP contribution is -2.37. The highest BCUT2D eigenvalue weighted by Crippen LogP contribution is 2.13. The minimum absolute atomic E-state index is 0.177. The van der Waals surface area contributed by atoms with E-state index < -0.39 is 0 Å². The lowest BCUT2D eigenvalue weighted by atomic mass is 10.1. The van der Waals surface area contributed by atoms with Gasteiger partial charge in [-0.1, -0.05) is 13.3 Å². The average molecular weight is 215 g/mol. The Morgan fingerprint density at radius 1 is 1.47 bits per heavy atom. The highest BCUT2D eigenvalue weighted by atomic mass is 16.5. The Balaban J connectivity index is 2.13. The predicted molar refractivity (Wildman–Crippen MR) is 62.0 cm³/mol. The zero-order chi connectivity index (χ0) is 11.1. The summed E-state index contributed by atoms with van der Waals surface area (Å²) in [7, 11) is 2.07. The van der Waals surface area contributed by atoms with E-state index in [2.05, 4.69) is 18.9 Å². The molecule has 0 aromatic carbocycles. The Morgan fingerprint density at radius 2 is 2.27 bits per heavy atom. The molecule has 0 aliphatic carbocycles. The van der Waals surface area contributed by atoms with Gasteiger partial charge in [-0.25, -0.2) is 0 Å². The maximum atomic E-state index is 9.67. The number of aliphatic hydroxyl groups excluding tert-OH is 1. The van der Waals surface area contributed by atoms with Gasteiger partial charge in [-0.15, -0.1) is 0 Å². The molecule has 0 radical (unpaired) electrons. The maximum Gasteiger partial charge on any atom is 0.0701 e. The third-order valence-corrected chi connectivity index (χ3v) is 2.93. The van der Waals surface area contributed by atoms with Gasteiger partial charge in [0, 0.05) is 19.7 Å². The molecule has 3 heteroatoms. The summed E-state index contributed by atoms with van der Waals surface area (Å²) < 4.78 is 5.67. The number of likely N-dealkylation sites (N-methyl/N-ethyl adjacent to an activating group) is 1. The summed E-state index contributed by atoms with van der Waals surface area (Å²) in [5.74, 6) is 0. The van der Waals surface area contributed by atoms with Gasteiger partial charge in [0.1, 0.15) is 0 Å². The van der Waals surface area contributed by atoms with E-state index in [0.29, 0.717) is 6.10 Å². The zero-order valence-electron chi connectivity index (χ0n) is 10.1. The van der Waals surface area contributed by atoms with Crippen molar-refractivity contribution in [2.45, 2.75) is 51.2 Å². The second-order valence-electron chi connectivity index (χ2n) is 4.65. The fourth-order valence-electron chi connectivity index (χ4n) is 2.16. The SMILES string of the molecule is CCCC(O)CN(C)CC1CCCCO1. The largest absolute Gasteiger partial charge is 0.392 e. The van der Waals surface area contributed by atoms with Crippen molar-refractivity contribution in [1.82, 2.24) is 4.90 Å². The number of ether oxygens (including phenoxy) is 1. The van der Waals surface area contributed by atoms with Crippen LogP contribution >= 0.6 is 0 Å². The molecule has 15 heavy (non-hydrogen) atoms. The van der Waals surface area contributed by atoms with Crippen LogP contribution in [0, 0.1) is 0 Å². The molecule has 1 aliphatic rings. The molecule has 1 heterocycles. The molecule has 90 valence electrons. The molecule has 0 aromatic heterocycles. The van der Waals surface area contributed by atoms with Crippen molar-refractivity contribution in [3.63, 3.8) is 0 Å². The fraction of sp³-hybridized carbons (Fsp3) is 1.00. The molecular formula is C12H25NO2. The minimum Gasteiger partial charge on any atom is -0.392 e. The molecule has 1 aliphatic heterocycles. The van der Waals surface area contributed by atoms with Gasteiger partial charge in [0.25, 0.3) is 0 Å². The topological polar surface area (TPSA) is 32.7 Å². The standard InChI is InChI=1S/C12H25NO2/c1-3-6-11(14)9-13(2)10-12-7-4-5-8-15-12/h11-12,14H,3-10H2,1-2H3. The molecule has 3 nitrogen and oxygen atoms in total. The van der Waals surface area contributed by atoms with E-state index in [0.717, 1.165) is 32.5 Å². The first kappa shape index (κ1) is 12.9. The van der Waals surface area contributed by atoms with Crippen LogP contribution in [0.15, 0.2) is 0 Å². The van der Waals surface area contributed by atoms with Gasteiger partial charge in [0.05, 0.1) is 12.2 Å². The molecule has 2 unspecified atom stereocenters. The number of hydrogen-bond donors (Lipinski definition) is 1. The van der Waals surface area contributed by atoms with Crippen molar-refractivity contribution < 1.29 is 9.84 Å². The van der Waals surface area contributed by atoms with E-state index in [1.807, 2.05) is 0 Å². The van der Waals surface area contributed by atoms with E-state index in [9.17, 15) is 5.11 Å². The second-order valence-corrected chi connectivity index (χ2v) is 4.65. The summed E-state index contributed by atoms with van der Waals surface area (Å²) in [6.45, 7) is 4.75. The lowest BCUT2D eigenvalue weighted by molar-refractivity contribution is -0.00825. The monoisotopic (exact) mass is 215 g/mol. The van der Waals surface area contributed by atoms with Crippen LogP contribution in [0.3, 0.4) is 0 Å². The van der Waals surface area contributed by atoms with E-state index >= 15 is 0 Å². The van der Waals surface area contributed by atoms with E-state index in [-0.39, 0.29) is 6.10 Å². The van der Waals surface area contributed by atoms with Crippen LogP contribution < -0.4 is 0 Å². The second kappa shape index (κ2) is 7.20. The highest BCUT2D eigenvalue weighted by molar-refractivity contribution is 4.69. The summed E-state index contributed by atoms with van der Waals surface area (Å²) in [5, 5.41) is 9.67. The van der Waals surface area contributed by atoms with Gasteiger partial charge in [-0.2, -0.15) is 0 Å². The Labute approximate surface area is 93.4 Å². The number of rotatable bonds is 6. The molecular weight excluding hydrogens is 190 g/mol. The third kappa shape index (κ3) is 5.50. The molecule has 2 atom stereocenters. The van der Waals surface area contributed by atoms with Crippen molar-refractivity contribution in [3.05, 3.63) is 0 Å². The summed E-state index contributed by atoms with van der Waals surface area (Å²) in [6.07, 6.45) is 5.83. The average Bonchev–Trinajstić information content (AvgIpc) is 2.19. The van der Waals surface area contributed by atoms with Crippen LogP contribution in [-0.2, 0) is 4.74 Å². The van der Waals surface area contributed by atoms with Gasteiger partial charge in [-0.05, 0) is 32.7 Å². The summed E-state index contributed by atoms with van der Waals surface area (Å²) in [5.41, 5.74) is 0. The van der Waals surface area contributed by atoms with Crippen molar-refractivity contribution in [2.75, 3.05) is 26.7 Å². The highest BCUT2D eigenvalue weighted by Gasteiger charge is 2.17. The smallest absolute Gasteiger partial charge is 0.0701 e. The molecule has 1 saturated heterocycles. The molecule has 1 fully saturated rings. The normalized spacial score (nSPS) is 24.4.